The van der Waals surface area contributed by atoms with Gasteiger partial charge in [-0.05, 0) is 35.9 Å². The molecule has 0 aromatic heterocycles. The van der Waals surface area contributed by atoms with Crippen molar-refractivity contribution in [3.8, 4) is 0 Å². The van der Waals surface area contributed by atoms with E-state index in [1.54, 1.807) is 42.5 Å². The summed E-state index contributed by atoms with van der Waals surface area (Å²) in [4.78, 5) is 35.5. The summed E-state index contributed by atoms with van der Waals surface area (Å²) in [6, 6.07) is 11.6. The smallest absolute Gasteiger partial charge is 0.339 e. The summed E-state index contributed by atoms with van der Waals surface area (Å²) in [5.41, 5.74) is 2.57. The second kappa shape index (κ2) is 5.92. The van der Waals surface area contributed by atoms with Gasteiger partial charge < -0.3 is 15.4 Å². The molecular formula is C17H14N2O4. The number of esters is 1. The number of hydrogen-bond donors (Lipinski definition) is 2. The zero-order valence-electron chi connectivity index (χ0n) is 12.4. The van der Waals surface area contributed by atoms with Crippen molar-refractivity contribution < 1.29 is 19.1 Å². The predicted octanol–water partition coefficient (Wildman–Crippen LogP) is 2.22. The number of carbonyl (C=O) groups is 3. The van der Waals surface area contributed by atoms with Crippen LogP contribution in [0.5, 0.6) is 0 Å². The minimum absolute atomic E-state index is 0.0893. The normalized spacial score (nSPS) is 12.3. The lowest BCUT2D eigenvalue weighted by molar-refractivity contribution is -0.115. The van der Waals surface area contributed by atoms with E-state index in [2.05, 4.69) is 10.6 Å². The fourth-order valence-corrected chi connectivity index (χ4v) is 2.45. The standard InChI is InChI=1S/C17H14N2O4/c1-23-17(22)12-4-2-3-5-14(12)19-16(21)10-6-7-13-11(8-10)9-15(20)18-13/h2-8H,9H2,1H3,(H,18,20)(H,19,21). The van der Waals surface area contributed by atoms with Crippen LogP contribution < -0.4 is 10.6 Å². The molecule has 116 valence electrons. The Balaban J connectivity index is 1.85. The number of para-hydroxylation sites is 1. The van der Waals surface area contributed by atoms with Crippen LogP contribution in [-0.2, 0) is 16.0 Å². The average Bonchev–Trinajstić information content (AvgIpc) is 2.93. The number of carbonyl (C=O) groups excluding carboxylic acids is 3. The van der Waals surface area contributed by atoms with Gasteiger partial charge >= 0.3 is 5.97 Å². The van der Waals surface area contributed by atoms with Gasteiger partial charge in [0.2, 0.25) is 5.91 Å². The van der Waals surface area contributed by atoms with Crippen molar-refractivity contribution in [2.75, 3.05) is 17.7 Å². The number of methoxy groups -OCH3 is 1. The molecule has 0 spiro atoms. The third-order valence-corrected chi connectivity index (χ3v) is 3.57. The highest BCUT2D eigenvalue weighted by Crippen LogP contribution is 2.24. The Kier molecular flexibility index (Phi) is 3.80. The van der Waals surface area contributed by atoms with Gasteiger partial charge in [0.15, 0.2) is 0 Å². The lowest BCUT2D eigenvalue weighted by Crippen LogP contribution is -2.15. The maximum absolute atomic E-state index is 12.4. The van der Waals surface area contributed by atoms with Gasteiger partial charge in [-0.3, -0.25) is 9.59 Å². The Morgan fingerprint density at radius 2 is 1.96 bits per heavy atom. The topological polar surface area (TPSA) is 84.5 Å². The summed E-state index contributed by atoms with van der Waals surface area (Å²) >= 11 is 0. The number of nitrogens with one attached hydrogen (secondary N) is 2. The highest BCUT2D eigenvalue weighted by atomic mass is 16.5. The van der Waals surface area contributed by atoms with Gasteiger partial charge in [-0.1, -0.05) is 12.1 Å². The van der Waals surface area contributed by atoms with Crippen molar-refractivity contribution in [2.24, 2.45) is 0 Å². The second-order valence-corrected chi connectivity index (χ2v) is 5.09. The lowest BCUT2D eigenvalue weighted by Gasteiger charge is -2.10. The van der Waals surface area contributed by atoms with Gasteiger partial charge in [-0.25, -0.2) is 4.79 Å². The number of rotatable bonds is 3. The first-order chi connectivity index (χ1) is 11.1. The molecule has 0 saturated heterocycles. The summed E-state index contributed by atoms with van der Waals surface area (Å²) in [7, 11) is 1.28. The summed E-state index contributed by atoms with van der Waals surface area (Å²) in [6.45, 7) is 0. The van der Waals surface area contributed by atoms with Crippen molar-refractivity contribution in [3.63, 3.8) is 0 Å². The molecule has 0 fully saturated rings. The van der Waals surface area contributed by atoms with E-state index in [0.29, 0.717) is 11.3 Å². The fourth-order valence-electron chi connectivity index (χ4n) is 2.45. The number of fused-ring (bicyclic) bond motifs is 1. The van der Waals surface area contributed by atoms with Crippen LogP contribution in [-0.4, -0.2) is 24.9 Å². The summed E-state index contributed by atoms with van der Waals surface area (Å²) in [5, 5.41) is 5.41. The van der Waals surface area contributed by atoms with Crippen LogP contribution >= 0.6 is 0 Å². The van der Waals surface area contributed by atoms with Crippen LogP contribution in [0.25, 0.3) is 0 Å². The molecule has 1 heterocycles. The second-order valence-electron chi connectivity index (χ2n) is 5.09. The number of hydrogen-bond acceptors (Lipinski definition) is 4. The van der Waals surface area contributed by atoms with E-state index in [1.807, 2.05) is 0 Å². The van der Waals surface area contributed by atoms with E-state index < -0.39 is 5.97 Å². The zero-order chi connectivity index (χ0) is 16.4. The van der Waals surface area contributed by atoms with Gasteiger partial charge in [0.25, 0.3) is 5.91 Å². The van der Waals surface area contributed by atoms with Crippen molar-refractivity contribution in [1.82, 2.24) is 0 Å². The summed E-state index contributed by atoms with van der Waals surface area (Å²) < 4.78 is 4.70. The summed E-state index contributed by atoms with van der Waals surface area (Å²) in [6.07, 6.45) is 0.259. The highest BCUT2D eigenvalue weighted by Gasteiger charge is 2.20. The molecular weight excluding hydrogens is 296 g/mol. The van der Waals surface area contributed by atoms with E-state index in [4.69, 9.17) is 4.74 Å². The zero-order valence-corrected chi connectivity index (χ0v) is 12.4. The maximum atomic E-state index is 12.4. The van der Waals surface area contributed by atoms with E-state index in [-0.39, 0.29) is 23.8 Å². The molecule has 1 aliphatic heterocycles. The monoisotopic (exact) mass is 310 g/mol. The lowest BCUT2D eigenvalue weighted by atomic mass is 10.1. The molecule has 3 rings (SSSR count). The Morgan fingerprint density at radius 3 is 2.74 bits per heavy atom. The third-order valence-electron chi connectivity index (χ3n) is 3.57. The van der Waals surface area contributed by atoms with E-state index in [1.165, 1.54) is 7.11 Å². The molecule has 0 aliphatic carbocycles. The number of ether oxygens (including phenoxy) is 1. The first kappa shape index (κ1) is 14.8. The quantitative estimate of drug-likeness (QED) is 0.851. The van der Waals surface area contributed by atoms with Crippen LogP contribution in [0.15, 0.2) is 42.5 Å². The number of benzene rings is 2. The van der Waals surface area contributed by atoms with E-state index >= 15 is 0 Å². The van der Waals surface area contributed by atoms with Crippen LogP contribution in [0, 0.1) is 0 Å². The van der Waals surface area contributed by atoms with Gasteiger partial charge in [0.1, 0.15) is 0 Å². The van der Waals surface area contributed by atoms with Crippen molar-refractivity contribution >= 4 is 29.2 Å². The van der Waals surface area contributed by atoms with Gasteiger partial charge in [0, 0.05) is 11.3 Å². The SMILES string of the molecule is COC(=O)c1ccccc1NC(=O)c1ccc2c(c1)CC(=O)N2. The molecule has 2 N–H and O–H groups in total. The molecule has 2 aromatic rings. The first-order valence-electron chi connectivity index (χ1n) is 7.00. The Hall–Kier alpha value is -3.15. The van der Waals surface area contributed by atoms with Gasteiger partial charge in [0.05, 0.1) is 24.8 Å². The molecule has 6 heteroatoms. The van der Waals surface area contributed by atoms with Crippen molar-refractivity contribution in [2.45, 2.75) is 6.42 Å². The molecule has 0 unspecified atom stereocenters. The first-order valence-corrected chi connectivity index (χ1v) is 7.00. The van der Waals surface area contributed by atoms with Crippen LogP contribution in [0.1, 0.15) is 26.3 Å². The highest BCUT2D eigenvalue weighted by molar-refractivity contribution is 6.09. The molecule has 0 saturated carbocycles. The predicted molar refractivity (Wildman–Crippen MR) is 84.5 cm³/mol. The Labute approximate surface area is 132 Å². The average molecular weight is 310 g/mol. The largest absolute Gasteiger partial charge is 0.465 e. The number of anilines is 2. The van der Waals surface area contributed by atoms with Crippen LogP contribution in [0.3, 0.4) is 0 Å². The van der Waals surface area contributed by atoms with Crippen LogP contribution in [0.2, 0.25) is 0 Å². The summed E-state index contributed by atoms with van der Waals surface area (Å²) in [5.74, 6) is -0.971. The molecule has 0 bridgehead atoms. The number of amides is 2. The molecule has 23 heavy (non-hydrogen) atoms. The molecule has 0 radical (unpaired) electrons. The third kappa shape index (κ3) is 2.91. The molecule has 2 aromatic carbocycles. The van der Waals surface area contributed by atoms with E-state index in [0.717, 1.165) is 11.3 Å². The minimum Gasteiger partial charge on any atom is -0.465 e. The Bertz CT molecular complexity index is 814. The maximum Gasteiger partial charge on any atom is 0.339 e. The molecule has 0 atom stereocenters. The molecule has 1 aliphatic rings. The van der Waals surface area contributed by atoms with Crippen molar-refractivity contribution in [3.05, 3.63) is 59.2 Å². The fraction of sp³-hybridized carbons (Fsp3) is 0.118. The van der Waals surface area contributed by atoms with Gasteiger partial charge in [-0.2, -0.15) is 0 Å². The van der Waals surface area contributed by atoms with E-state index in [9.17, 15) is 14.4 Å². The molecule has 2 amide bonds. The van der Waals surface area contributed by atoms with Crippen molar-refractivity contribution in [1.29, 1.82) is 0 Å². The molecule has 6 nitrogen and oxygen atoms in total. The van der Waals surface area contributed by atoms with Gasteiger partial charge in [-0.15, -0.1) is 0 Å². The van der Waals surface area contributed by atoms with Crippen LogP contribution in [0.4, 0.5) is 11.4 Å². The minimum atomic E-state index is -0.523. The Morgan fingerprint density at radius 1 is 1.17 bits per heavy atom.